The molecule has 0 N–H and O–H groups in total. The second-order valence-electron chi connectivity index (χ2n) is 3.75. The minimum absolute atomic E-state index is 0.0942. The van der Waals surface area contributed by atoms with E-state index in [0.29, 0.717) is 25.1 Å². The van der Waals surface area contributed by atoms with Gasteiger partial charge < -0.3 is 4.90 Å². The summed E-state index contributed by atoms with van der Waals surface area (Å²) in [5, 5.41) is 11.0. The number of aldehydes is 1. The van der Waals surface area contributed by atoms with Crippen LogP contribution in [-0.2, 0) is 0 Å². The van der Waals surface area contributed by atoms with E-state index >= 15 is 0 Å². The summed E-state index contributed by atoms with van der Waals surface area (Å²) in [6.07, 6.45) is 6.67. The second kappa shape index (κ2) is 6.40. The minimum Gasteiger partial charge on any atom is -0.355 e. The van der Waals surface area contributed by atoms with Gasteiger partial charge in [0, 0.05) is 18.2 Å². The zero-order valence-corrected chi connectivity index (χ0v) is 10.1. The highest BCUT2D eigenvalue weighted by Gasteiger charge is 2.19. The maximum atomic E-state index is 11.0. The lowest BCUT2D eigenvalue weighted by molar-refractivity contribution is -0.384. The smallest absolute Gasteiger partial charge is 0.293 e. The van der Waals surface area contributed by atoms with E-state index in [1.165, 1.54) is 6.07 Å². The average molecular weight is 246 g/mol. The molecule has 0 saturated carbocycles. The molecule has 5 heteroatoms. The standard InChI is InChI=1S/C13H14N2O3/c1-3-7-14(8-4-2)12-6-5-11(10-16)9-13(12)15(17)18/h1,5-6,9-10H,4,7-8H2,2H3. The van der Waals surface area contributed by atoms with E-state index < -0.39 is 4.92 Å². The van der Waals surface area contributed by atoms with Crippen molar-refractivity contribution in [3.05, 3.63) is 33.9 Å². The fourth-order valence-electron chi connectivity index (χ4n) is 1.69. The molecule has 0 spiro atoms. The third-order valence-electron chi connectivity index (χ3n) is 2.45. The maximum absolute atomic E-state index is 11.0. The Bertz CT molecular complexity index is 491. The van der Waals surface area contributed by atoms with Gasteiger partial charge in [-0.15, -0.1) is 6.42 Å². The van der Waals surface area contributed by atoms with E-state index in [1.807, 2.05) is 6.92 Å². The van der Waals surface area contributed by atoms with E-state index in [-0.39, 0.29) is 11.3 Å². The van der Waals surface area contributed by atoms with E-state index in [4.69, 9.17) is 6.42 Å². The molecule has 0 aliphatic rings. The lowest BCUT2D eigenvalue weighted by Gasteiger charge is -2.21. The molecule has 0 bridgehead atoms. The van der Waals surface area contributed by atoms with Crippen LogP contribution in [0.25, 0.3) is 0 Å². The van der Waals surface area contributed by atoms with Crippen LogP contribution in [0.3, 0.4) is 0 Å². The Morgan fingerprint density at radius 1 is 1.56 bits per heavy atom. The molecule has 0 aromatic heterocycles. The average Bonchev–Trinajstić information content (AvgIpc) is 2.37. The van der Waals surface area contributed by atoms with Crippen molar-refractivity contribution >= 4 is 17.7 Å². The Hall–Kier alpha value is -2.35. The lowest BCUT2D eigenvalue weighted by atomic mass is 10.1. The van der Waals surface area contributed by atoms with Crippen molar-refractivity contribution in [1.82, 2.24) is 0 Å². The van der Waals surface area contributed by atoms with Crippen molar-refractivity contribution in [3.8, 4) is 12.3 Å². The van der Waals surface area contributed by atoms with Crippen molar-refractivity contribution in [2.24, 2.45) is 0 Å². The van der Waals surface area contributed by atoms with Gasteiger partial charge in [0.1, 0.15) is 12.0 Å². The van der Waals surface area contributed by atoms with Crippen LogP contribution >= 0.6 is 0 Å². The summed E-state index contributed by atoms with van der Waals surface area (Å²) in [5.74, 6) is 2.48. The summed E-state index contributed by atoms with van der Waals surface area (Å²) >= 11 is 0. The number of benzene rings is 1. The fourth-order valence-corrected chi connectivity index (χ4v) is 1.69. The van der Waals surface area contributed by atoms with Crippen molar-refractivity contribution in [2.45, 2.75) is 13.3 Å². The number of terminal acetylenes is 1. The first-order chi connectivity index (χ1) is 8.63. The summed E-state index contributed by atoms with van der Waals surface area (Å²) in [4.78, 5) is 22.9. The second-order valence-corrected chi connectivity index (χ2v) is 3.75. The molecular formula is C13H14N2O3. The summed E-state index contributed by atoms with van der Waals surface area (Å²) in [6, 6.07) is 4.38. The summed E-state index contributed by atoms with van der Waals surface area (Å²) in [7, 11) is 0. The van der Waals surface area contributed by atoms with Crippen LogP contribution in [0.5, 0.6) is 0 Å². The molecule has 0 fully saturated rings. The fraction of sp³-hybridized carbons (Fsp3) is 0.308. The van der Waals surface area contributed by atoms with Crippen LogP contribution in [-0.4, -0.2) is 24.3 Å². The van der Waals surface area contributed by atoms with Crippen molar-refractivity contribution < 1.29 is 9.72 Å². The number of hydrogen-bond donors (Lipinski definition) is 0. The van der Waals surface area contributed by atoms with Crippen LogP contribution in [0, 0.1) is 22.5 Å². The van der Waals surface area contributed by atoms with Gasteiger partial charge >= 0.3 is 0 Å². The topological polar surface area (TPSA) is 63.5 Å². The summed E-state index contributed by atoms with van der Waals surface area (Å²) in [5.41, 5.74) is 0.635. The number of nitrogens with zero attached hydrogens (tertiary/aromatic N) is 2. The van der Waals surface area contributed by atoms with E-state index in [9.17, 15) is 14.9 Å². The number of hydrogen-bond acceptors (Lipinski definition) is 4. The van der Waals surface area contributed by atoms with Gasteiger partial charge in [-0.2, -0.15) is 0 Å². The normalized spacial score (nSPS) is 9.56. The molecule has 0 amide bonds. The van der Waals surface area contributed by atoms with Crippen LogP contribution in [0.4, 0.5) is 11.4 Å². The van der Waals surface area contributed by atoms with Gasteiger partial charge in [0.25, 0.3) is 5.69 Å². The monoisotopic (exact) mass is 246 g/mol. The molecule has 0 aliphatic carbocycles. The number of nitro benzene ring substituents is 1. The number of carbonyl (C=O) groups is 1. The lowest BCUT2D eigenvalue weighted by Crippen LogP contribution is -2.25. The molecule has 18 heavy (non-hydrogen) atoms. The Kier molecular flexibility index (Phi) is 4.88. The van der Waals surface area contributed by atoms with Crippen LogP contribution in [0.1, 0.15) is 23.7 Å². The largest absolute Gasteiger partial charge is 0.355 e. The van der Waals surface area contributed by atoms with E-state index in [2.05, 4.69) is 5.92 Å². The Morgan fingerprint density at radius 2 is 2.28 bits per heavy atom. The van der Waals surface area contributed by atoms with Crippen molar-refractivity contribution in [1.29, 1.82) is 0 Å². The molecule has 0 heterocycles. The zero-order chi connectivity index (χ0) is 13.5. The molecule has 0 unspecified atom stereocenters. The van der Waals surface area contributed by atoms with Crippen molar-refractivity contribution in [2.75, 3.05) is 18.0 Å². The Labute approximate surface area is 106 Å². The molecule has 0 aliphatic heterocycles. The first-order valence-corrected chi connectivity index (χ1v) is 5.56. The quantitative estimate of drug-likeness (QED) is 0.334. The van der Waals surface area contributed by atoms with E-state index in [1.54, 1.807) is 17.0 Å². The molecular weight excluding hydrogens is 232 g/mol. The third kappa shape index (κ3) is 3.08. The van der Waals surface area contributed by atoms with Crippen LogP contribution < -0.4 is 4.90 Å². The number of rotatable bonds is 6. The molecule has 1 aromatic rings. The highest BCUT2D eigenvalue weighted by atomic mass is 16.6. The predicted octanol–water partition coefficient (Wildman–Crippen LogP) is 2.26. The van der Waals surface area contributed by atoms with E-state index in [0.717, 1.165) is 6.42 Å². The van der Waals surface area contributed by atoms with Crippen molar-refractivity contribution in [3.63, 3.8) is 0 Å². The number of nitro groups is 1. The van der Waals surface area contributed by atoms with Gasteiger partial charge in [0.15, 0.2) is 0 Å². The molecule has 5 nitrogen and oxygen atoms in total. The third-order valence-corrected chi connectivity index (χ3v) is 2.45. The highest BCUT2D eigenvalue weighted by molar-refractivity contribution is 5.79. The molecule has 94 valence electrons. The van der Waals surface area contributed by atoms with Crippen LogP contribution in [0.15, 0.2) is 18.2 Å². The SMILES string of the molecule is C#CCN(CCC)c1ccc(C=O)cc1[N+](=O)[O-]. The number of carbonyl (C=O) groups excluding carboxylic acids is 1. The van der Waals surface area contributed by atoms with Gasteiger partial charge in [-0.1, -0.05) is 12.8 Å². The first kappa shape index (κ1) is 13.7. The van der Waals surface area contributed by atoms with Gasteiger partial charge in [0.05, 0.1) is 11.5 Å². The minimum atomic E-state index is -0.499. The summed E-state index contributed by atoms with van der Waals surface area (Å²) < 4.78 is 0. The molecule has 1 aromatic carbocycles. The molecule has 1 rings (SSSR count). The first-order valence-electron chi connectivity index (χ1n) is 5.56. The van der Waals surface area contributed by atoms with Crippen LogP contribution in [0.2, 0.25) is 0 Å². The zero-order valence-electron chi connectivity index (χ0n) is 10.1. The van der Waals surface area contributed by atoms with Gasteiger partial charge in [0.2, 0.25) is 0 Å². The summed E-state index contributed by atoms with van der Waals surface area (Å²) in [6.45, 7) is 2.90. The highest BCUT2D eigenvalue weighted by Crippen LogP contribution is 2.28. The predicted molar refractivity (Wildman–Crippen MR) is 69.8 cm³/mol. The Balaban J connectivity index is 3.24. The van der Waals surface area contributed by atoms with Gasteiger partial charge in [-0.05, 0) is 18.6 Å². The molecule has 0 atom stereocenters. The van der Waals surface area contributed by atoms with Gasteiger partial charge in [-0.3, -0.25) is 14.9 Å². The molecule has 0 saturated heterocycles. The maximum Gasteiger partial charge on any atom is 0.293 e. The molecule has 0 radical (unpaired) electrons. The Morgan fingerprint density at radius 3 is 2.78 bits per heavy atom. The number of anilines is 1. The van der Waals surface area contributed by atoms with Gasteiger partial charge in [-0.25, -0.2) is 0 Å².